The van der Waals surface area contributed by atoms with Crippen LogP contribution in [0.1, 0.15) is 31.8 Å². The summed E-state index contributed by atoms with van der Waals surface area (Å²) in [6.45, 7) is 3.87. The SMILES string of the molecule is Cc1ccc(Cl)c2c1SC(=C1Sc3c(C)ccc(Cl)c3C1=O)C2=O. The van der Waals surface area contributed by atoms with Gasteiger partial charge in [0, 0.05) is 9.79 Å². The summed E-state index contributed by atoms with van der Waals surface area (Å²) in [5.74, 6) is -0.359. The van der Waals surface area contributed by atoms with Gasteiger partial charge in [-0.15, -0.1) is 0 Å². The minimum absolute atomic E-state index is 0.180. The zero-order valence-electron chi connectivity index (χ0n) is 12.7. The maximum atomic E-state index is 12.9. The summed E-state index contributed by atoms with van der Waals surface area (Å²) in [7, 11) is 0. The highest BCUT2D eigenvalue weighted by molar-refractivity contribution is 8.08. The molecule has 4 rings (SSSR count). The van der Waals surface area contributed by atoms with Crippen LogP contribution in [0.15, 0.2) is 43.9 Å². The number of aryl methyl sites for hydroxylation is 2. The van der Waals surface area contributed by atoms with Gasteiger partial charge in [-0.1, -0.05) is 58.9 Å². The number of allylic oxidation sites excluding steroid dienone is 2. The maximum absolute atomic E-state index is 12.9. The third-order valence-corrected chi connectivity index (χ3v) is 7.50. The minimum Gasteiger partial charge on any atom is -0.288 e. The van der Waals surface area contributed by atoms with Gasteiger partial charge in [-0.25, -0.2) is 0 Å². The molecule has 0 amide bonds. The van der Waals surface area contributed by atoms with Gasteiger partial charge in [0.1, 0.15) is 0 Å². The van der Waals surface area contributed by atoms with Gasteiger partial charge in [-0.2, -0.15) is 0 Å². The third-order valence-electron chi connectivity index (χ3n) is 4.09. The number of thioether (sulfide) groups is 2. The fraction of sp³-hybridized carbons (Fsp3) is 0.111. The fourth-order valence-electron chi connectivity index (χ4n) is 2.83. The lowest BCUT2D eigenvalue weighted by Gasteiger charge is -2.01. The molecule has 6 heteroatoms. The molecular formula is C18H10Cl2O2S2. The van der Waals surface area contributed by atoms with Crippen LogP contribution in [0.25, 0.3) is 0 Å². The van der Waals surface area contributed by atoms with Crippen molar-refractivity contribution in [3.63, 3.8) is 0 Å². The van der Waals surface area contributed by atoms with Gasteiger partial charge in [0.2, 0.25) is 11.6 Å². The second-order valence-corrected chi connectivity index (χ2v) is 8.51. The molecule has 0 atom stereocenters. The van der Waals surface area contributed by atoms with Crippen LogP contribution in [0, 0.1) is 13.8 Å². The quantitative estimate of drug-likeness (QED) is 0.507. The Balaban J connectivity index is 1.90. The van der Waals surface area contributed by atoms with E-state index >= 15 is 0 Å². The summed E-state index contributed by atoms with van der Waals surface area (Å²) in [5.41, 5.74) is 2.95. The van der Waals surface area contributed by atoms with E-state index in [-0.39, 0.29) is 11.6 Å². The average molecular weight is 393 g/mol. The monoisotopic (exact) mass is 392 g/mol. The van der Waals surface area contributed by atoms with Crippen molar-refractivity contribution in [2.75, 3.05) is 0 Å². The highest BCUT2D eigenvalue weighted by Gasteiger charge is 2.39. The van der Waals surface area contributed by atoms with Crippen molar-refractivity contribution in [2.45, 2.75) is 23.6 Å². The highest BCUT2D eigenvalue weighted by Crippen LogP contribution is 2.53. The average Bonchev–Trinajstić information content (AvgIpc) is 3.07. The molecule has 2 aromatic rings. The smallest absolute Gasteiger partial charge is 0.203 e. The molecule has 2 aromatic carbocycles. The number of carbonyl (C=O) groups excluding carboxylic acids is 2. The second-order valence-electron chi connectivity index (χ2n) is 5.66. The van der Waals surface area contributed by atoms with Crippen molar-refractivity contribution in [3.05, 3.63) is 66.4 Å². The van der Waals surface area contributed by atoms with Gasteiger partial charge >= 0.3 is 0 Å². The summed E-state index contributed by atoms with van der Waals surface area (Å²) in [4.78, 5) is 28.3. The fourth-order valence-corrected chi connectivity index (χ4v) is 5.92. The number of fused-ring (bicyclic) bond motifs is 2. The topological polar surface area (TPSA) is 34.1 Å². The zero-order chi connectivity index (χ0) is 17.2. The lowest BCUT2D eigenvalue weighted by molar-refractivity contribution is 0.101. The molecule has 0 radical (unpaired) electrons. The predicted octanol–water partition coefficient (Wildman–Crippen LogP) is 6.10. The van der Waals surface area contributed by atoms with E-state index in [0.717, 1.165) is 20.9 Å². The van der Waals surface area contributed by atoms with Crippen LogP contribution >= 0.6 is 46.7 Å². The Hall–Kier alpha value is -1.20. The Morgan fingerprint density at radius 1 is 0.708 bits per heavy atom. The van der Waals surface area contributed by atoms with E-state index in [1.807, 2.05) is 26.0 Å². The van der Waals surface area contributed by atoms with Crippen LogP contribution in [-0.4, -0.2) is 11.6 Å². The summed E-state index contributed by atoms with van der Waals surface area (Å²) >= 11 is 15.1. The molecule has 2 nitrogen and oxygen atoms in total. The van der Waals surface area contributed by atoms with Crippen molar-refractivity contribution in [1.82, 2.24) is 0 Å². The molecule has 2 aliphatic rings. The summed E-state index contributed by atoms with van der Waals surface area (Å²) in [6.07, 6.45) is 0. The van der Waals surface area contributed by atoms with Crippen molar-refractivity contribution >= 4 is 58.3 Å². The van der Waals surface area contributed by atoms with Crippen molar-refractivity contribution in [2.24, 2.45) is 0 Å². The Bertz CT molecular complexity index is 913. The zero-order valence-corrected chi connectivity index (χ0v) is 15.8. The number of rotatable bonds is 0. The first-order valence-corrected chi connectivity index (χ1v) is 9.56. The molecule has 0 bridgehead atoms. The van der Waals surface area contributed by atoms with E-state index in [1.165, 1.54) is 23.5 Å². The van der Waals surface area contributed by atoms with Crippen LogP contribution in [0.3, 0.4) is 0 Å². The van der Waals surface area contributed by atoms with Gasteiger partial charge in [0.15, 0.2) is 0 Å². The van der Waals surface area contributed by atoms with Gasteiger partial charge < -0.3 is 0 Å². The van der Waals surface area contributed by atoms with E-state index < -0.39 is 0 Å². The Labute approximate surface area is 157 Å². The first-order valence-electron chi connectivity index (χ1n) is 7.17. The number of hydrogen-bond donors (Lipinski definition) is 0. The summed E-state index contributed by atoms with van der Waals surface area (Å²) < 4.78 is 0. The molecule has 0 fully saturated rings. The molecule has 0 saturated heterocycles. The second kappa shape index (κ2) is 5.67. The first kappa shape index (κ1) is 16.3. The molecule has 0 spiro atoms. The molecule has 0 N–H and O–H groups in total. The van der Waals surface area contributed by atoms with E-state index in [2.05, 4.69) is 0 Å². The maximum Gasteiger partial charge on any atom is 0.203 e. The van der Waals surface area contributed by atoms with E-state index in [9.17, 15) is 9.59 Å². The minimum atomic E-state index is -0.180. The molecule has 120 valence electrons. The van der Waals surface area contributed by atoms with Gasteiger partial charge in [-0.3, -0.25) is 9.59 Å². The standard InChI is InChI=1S/C18H10Cl2O2S2/c1-7-3-5-9(19)11-13(21)17(23-15(7)11)18-14(22)12-10(20)6-4-8(2)16(12)24-18/h3-6H,1-2H3. The van der Waals surface area contributed by atoms with Gasteiger partial charge in [-0.05, 0) is 37.1 Å². The van der Waals surface area contributed by atoms with Gasteiger partial charge in [0.25, 0.3) is 0 Å². The van der Waals surface area contributed by atoms with E-state index in [0.29, 0.717) is 31.0 Å². The lowest BCUT2D eigenvalue weighted by Crippen LogP contribution is -2.03. The number of benzene rings is 2. The molecule has 0 unspecified atom stereocenters. The molecule has 0 aliphatic carbocycles. The molecule has 0 aromatic heterocycles. The van der Waals surface area contributed by atoms with Crippen LogP contribution in [0.5, 0.6) is 0 Å². The van der Waals surface area contributed by atoms with Crippen molar-refractivity contribution in [3.8, 4) is 0 Å². The molecule has 2 heterocycles. The summed E-state index contributed by atoms with van der Waals surface area (Å²) in [6, 6.07) is 7.21. The Morgan fingerprint density at radius 2 is 1.08 bits per heavy atom. The Morgan fingerprint density at radius 3 is 1.42 bits per heavy atom. The van der Waals surface area contributed by atoms with E-state index in [4.69, 9.17) is 23.2 Å². The van der Waals surface area contributed by atoms with Crippen LogP contribution in [0.4, 0.5) is 0 Å². The van der Waals surface area contributed by atoms with Crippen LogP contribution < -0.4 is 0 Å². The van der Waals surface area contributed by atoms with Gasteiger partial charge in [0.05, 0.1) is 31.0 Å². The molecule has 2 aliphatic heterocycles. The number of ketones is 2. The number of halogens is 2. The summed E-state index contributed by atoms with van der Waals surface area (Å²) in [5, 5.41) is 0.844. The number of hydrogen-bond acceptors (Lipinski definition) is 4. The highest BCUT2D eigenvalue weighted by atomic mass is 35.5. The third kappa shape index (κ3) is 2.21. The lowest BCUT2D eigenvalue weighted by atomic mass is 10.0. The van der Waals surface area contributed by atoms with Crippen molar-refractivity contribution in [1.29, 1.82) is 0 Å². The number of carbonyl (C=O) groups is 2. The molecule has 24 heavy (non-hydrogen) atoms. The van der Waals surface area contributed by atoms with Crippen molar-refractivity contribution < 1.29 is 9.59 Å². The predicted molar refractivity (Wildman–Crippen MR) is 99.8 cm³/mol. The van der Waals surface area contributed by atoms with Crippen LogP contribution in [0.2, 0.25) is 10.0 Å². The first-order chi connectivity index (χ1) is 11.4. The molecular weight excluding hydrogens is 383 g/mol. The normalized spacial score (nSPS) is 19.0. The van der Waals surface area contributed by atoms with Crippen LogP contribution in [-0.2, 0) is 0 Å². The Kier molecular flexibility index (Phi) is 3.84. The van der Waals surface area contributed by atoms with E-state index in [1.54, 1.807) is 12.1 Å². The largest absolute Gasteiger partial charge is 0.288 e. The molecule has 0 saturated carbocycles. The number of Topliss-reactive ketones (excluding diaryl/α,β-unsaturated/α-hetero) is 2.